The number of aromatic nitrogens is 2. The number of ether oxygens (including phenoxy) is 2. The van der Waals surface area contributed by atoms with Gasteiger partial charge in [0.05, 0.1) is 18.1 Å². The number of anilines is 4. The summed E-state index contributed by atoms with van der Waals surface area (Å²) in [4.78, 5) is 23.6. The van der Waals surface area contributed by atoms with Crippen LogP contribution in [0.4, 0.5) is 33.2 Å². The minimum atomic E-state index is -0.607. The van der Waals surface area contributed by atoms with Crippen molar-refractivity contribution in [3.8, 4) is 11.5 Å². The van der Waals surface area contributed by atoms with E-state index in [0.717, 1.165) is 6.20 Å². The molecule has 0 fully saturated rings. The van der Waals surface area contributed by atoms with Gasteiger partial charge in [-0.3, -0.25) is 9.79 Å². The van der Waals surface area contributed by atoms with Crippen LogP contribution in [0.15, 0.2) is 53.7 Å². The number of rotatable bonds is 6. The molecule has 9 nitrogen and oxygen atoms in total. The van der Waals surface area contributed by atoms with Crippen LogP contribution in [0.1, 0.15) is 0 Å². The summed E-state index contributed by atoms with van der Waals surface area (Å²) in [6.07, 6.45) is 2.26. The fraction of sp³-hybridized carbons (Fsp3) is 0.143. The Balaban J connectivity index is 1.51. The number of fused-ring (bicyclic) bond motifs is 1. The summed E-state index contributed by atoms with van der Waals surface area (Å²) in [5, 5.41) is 8.39. The van der Waals surface area contributed by atoms with Gasteiger partial charge in [0.2, 0.25) is 5.95 Å². The van der Waals surface area contributed by atoms with Crippen molar-refractivity contribution >= 4 is 41.0 Å². The van der Waals surface area contributed by atoms with Crippen LogP contribution in [-0.2, 0) is 4.79 Å². The van der Waals surface area contributed by atoms with E-state index >= 15 is 0 Å². The van der Waals surface area contributed by atoms with E-state index in [0.29, 0.717) is 41.8 Å². The highest BCUT2D eigenvalue weighted by Crippen LogP contribution is 2.33. The van der Waals surface area contributed by atoms with Crippen molar-refractivity contribution in [3.05, 3.63) is 54.5 Å². The van der Waals surface area contributed by atoms with E-state index in [-0.39, 0.29) is 17.7 Å². The second kappa shape index (κ2) is 9.08. The highest BCUT2D eigenvalue weighted by Gasteiger charge is 2.13. The van der Waals surface area contributed by atoms with Crippen molar-refractivity contribution in [2.75, 3.05) is 30.9 Å². The zero-order chi connectivity index (χ0) is 21.6. The number of benzene rings is 2. The first-order valence-corrected chi connectivity index (χ1v) is 9.43. The van der Waals surface area contributed by atoms with Crippen molar-refractivity contribution in [1.29, 1.82) is 0 Å². The molecule has 0 aliphatic carbocycles. The second-order valence-electron chi connectivity index (χ2n) is 6.42. The molecule has 1 amide bonds. The Kier molecular flexibility index (Phi) is 5.88. The first kappa shape index (κ1) is 20.1. The maximum atomic E-state index is 14.3. The maximum absolute atomic E-state index is 14.3. The van der Waals surface area contributed by atoms with Gasteiger partial charge in [-0.1, -0.05) is 6.07 Å². The van der Waals surface area contributed by atoms with E-state index in [1.165, 1.54) is 13.3 Å². The summed E-state index contributed by atoms with van der Waals surface area (Å²) in [5.41, 5.74) is 1.78. The van der Waals surface area contributed by atoms with Gasteiger partial charge in [0.1, 0.15) is 13.2 Å². The summed E-state index contributed by atoms with van der Waals surface area (Å²) in [7, 11) is 1.52. The summed E-state index contributed by atoms with van der Waals surface area (Å²) < 4.78 is 25.3. The Labute approximate surface area is 177 Å². The van der Waals surface area contributed by atoms with Crippen molar-refractivity contribution < 1.29 is 18.7 Å². The van der Waals surface area contributed by atoms with Gasteiger partial charge in [0.25, 0.3) is 5.91 Å². The number of hydrogen-bond acceptors (Lipinski definition) is 8. The van der Waals surface area contributed by atoms with Gasteiger partial charge in [0, 0.05) is 24.5 Å². The number of hydrogen-bond donors (Lipinski definition) is 3. The Hall–Kier alpha value is -4.21. The fourth-order valence-electron chi connectivity index (χ4n) is 2.76. The predicted octanol–water partition coefficient (Wildman–Crippen LogP) is 3.32. The summed E-state index contributed by atoms with van der Waals surface area (Å²) >= 11 is 0. The minimum absolute atomic E-state index is 0.00275. The third-order valence-corrected chi connectivity index (χ3v) is 4.23. The number of halogens is 1. The Morgan fingerprint density at radius 3 is 2.74 bits per heavy atom. The molecular formula is C21H19FN6O3. The monoisotopic (exact) mass is 422 g/mol. The van der Waals surface area contributed by atoms with Crippen LogP contribution in [0.3, 0.4) is 0 Å². The Morgan fingerprint density at radius 2 is 1.90 bits per heavy atom. The number of nitrogens with zero attached hydrogens (tertiary/aromatic N) is 3. The lowest BCUT2D eigenvalue weighted by Gasteiger charge is -2.19. The molecule has 0 bridgehead atoms. The highest BCUT2D eigenvalue weighted by molar-refractivity contribution is 6.26. The van der Waals surface area contributed by atoms with E-state index < -0.39 is 5.82 Å². The SMILES string of the molecule is CNC(=O)C=Nc1cccc(Nc2ncc(F)c(Nc3ccc4c(c3)OCCO4)n2)c1. The van der Waals surface area contributed by atoms with E-state index in [1.54, 1.807) is 42.5 Å². The third kappa shape index (κ3) is 5.04. The van der Waals surface area contributed by atoms with E-state index in [1.807, 2.05) is 0 Å². The number of nitrogens with one attached hydrogen (secondary N) is 3. The van der Waals surface area contributed by atoms with Gasteiger partial charge in [-0.2, -0.15) is 4.98 Å². The van der Waals surface area contributed by atoms with Gasteiger partial charge >= 0.3 is 0 Å². The minimum Gasteiger partial charge on any atom is -0.486 e. The maximum Gasteiger partial charge on any atom is 0.262 e. The molecule has 0 unspecified atom stereocenters. The quantitative estimate of drug-likeness (QED) is 0.523. The molecule has 0 atom stereocenters. The molecule has 2 aromatic carbocycles. The zero-order valence-corrected chi connectivity index (χ0v) is 16.6. The van der Waals surface area contributed by atoms with Crippen LogP contribution in [0, 0.1) is 5.82 Å². The molecular weight excluding hydrogens is 403 g/mol. The molecule has 0 saturated heterocycles. The molecule has 3 N–H and O–H groups in total. The number of amides is 1. The third-order valence-electron chi connectivity index (χ3n) is 4.23. The molecule has 2 heterocycles. The molecule has 3 aromatic rings. The van der Waals surface area contributed by atoms with Crippen LogP contribution < -0.4 is 25.4 Å². The van der Waals surface area contributed by atoms with Gasteiger partial charge in [-0.25, -0.2) is 9.37 Å². The van der Waals surface area contributed by atoms with Crippen molar-refractivity contribution in [3.63, 3.8) is 0 Å². The molecule has 0 saturated carbocycles. The number of carbonyl (C=O) groups excluding carboxylic acids is 1. The molecule has 158 valence electrons. The summed E-state index contributed by atoms with van der Waals surface area (Å²) in [6, 6.07) is 12.2. The van der Waals surface area contributed by atoms with Gasteiger partial charge in [-0.05, 0) is 30.3 Å². The van der Waals surface area contributed by atoms with Gasteiger partial charge in [0.15, 0.2) is 23.1 Å². The molecule has 0 radical (unpaired) electrons. The van der Waals surface area contributed by atoms with E-state index in [9.17, 15) is 9.18 Å². The lowest BCUT2D eigenvalue weighted by Crippen LogP contribution is -2.18. The molecule has 1 aromatic heterocycles. The van der Waals surface area contributed by atoms with E-state index in [4.69, 9.17) is 9.47 Å². The van der Waals surface area contributed by atoms with Crippen molar-refractivity contribution in [2.45, 2.75) is 0 Å². The Bertz CT molecular complexity index is 1140. The number of carbonyl (C=O) groups is 1. The standard InChI is InChI=1S/C21H19FN6O3/c1-23-19(29)12-24-13-3-2-4-14(9-13)27-21-25-11-16(22)20(28-21)26-15-5-6-17-18(10-15)31-8-7-30-17/h2-6,9-12H,7-8H2,1H3,(H,23,29)(H2,25,26,27,28). The Morgan fingerprint density at radius 1 is 1.10 bits per heavy atom. The lowest BCUT2D eigenvalue weighted by atomic mass is 10.2. The lowest BCUT2D eigenvalue weighted by molar-refractivity contribution is -0.113. The average molecular weight is 422 g/mol. The molecule has 1 aliphatic rings. The average Bonchev–Trinajstić information content (AvgIpc) is 2.80. The fourth-order valence-corrected chi connectivity index (χ4v) is 2.76. The van der Waals surface area contributed by atoms with Crippen LogP contribution in [0.5, 0.6) is 11.5 Å². The van der Waals surface area contributed by atoms with E-state index in [2.05, 4.69) is 30.9 Å². The molecule has 1 aliphatic heterocycles. The zero-order valence-electron chi connectivity index (χ0n) is 16.6. The second-order valence-corrected chi connectivity index (χ2v) is 6.42. The molecule has 0 spiro atoms. The van der Waals surface area contributed by atoms with Crippen LogP contribution in [0.25, 0.3) is 0 Å². The summed E-state index contributed by atoms with van der Waals surface area (Å²) in [5.74, 6) is 0.496. The van der Waals surface area contributed by atoms with Gasteiger partial charge < -0.3 is 25.4 Å². The first-order chi connectivity index (χ1) is 15.1. The van der Waals surface area contributed by atoms with Crippen LogP contribution >= 0.6 is 0 Å². The normalized spacial score (nSPS) is 12.5. The highest BCUT2D eigenvalue weighted by atomic mass is 19.1. The molecule has 4 rings (SSSR count). The predicted molar refractivity (Wildman–Crippen MR) is 115 cm³/mol. The van der Waals surface area contributed by atoms with Crippen molar-refractivity contribution in [1.82, 2.24) is 15.3 Å². The van der Waals surface area contributed by atoms with Gasteiger partial charge in [-0.15, -0.1) is 0 Å². The first-order valence-electron chi connectivity index (χ1n) is 9.43. The molecule has 10 heteroatoms. The van der Waals surface area contributed by atoms with Crippen LogP contribution in [0.2, 0.25) is 0 Å². The molecule has 31 heavy (non-hydrogen) atoms. The topological polar surface area (TPSA) is 110 Å². The number of aliphatic imine (C=N–C) groups is 1. The van der Waals surface area contributed by atoms with Crippen LogP contribution in [-0.4, -0.2) is 42.4 Å². The van der Waals surface area contributed by atoms with Crippen molar-refractivity contribution in [2.24, 2.45) is 4.99 Å². The largest absolute Gasteiger partial charge is 0.486 e. The smallest absolute Gasteiger partial charge is 0.262 e. The summed E-state index contributed by atoms with van der Waals surface area (Å²) in [6.45, 7) is 0.951.